The molecule has 5 nitrogen and oxygen atoms in total. The molecule has 0 aromatic heterocycles. The Balaban J connectivity index is 1.57. The first-order valence-corrected chi connectivity index (χ1v) is 8.87. The van der Waals surface area contributed by atoms with Crippen molar-refractivity contribution in [2.24, 2.45) is 5.92 Å². The number of hydrogen-bond donors (Lipinski definition) is 0. The Kier molecular flexibility index (Phi) is 5.64. The van der Waals surface area contributed by atoms with Gasteiger partial charge >= 0.3 is 0 Å². The van der Waals surface area contributed by atoms with Crippen LogP contribution in [0.2, 0.25) is 5.02 Å². The Morgan fingerprint density at radius 2 is 2.12 bits per heavy atom. The van der Waals surface area contributed by atoms with Gasteiger partial charge in [0.15, 0.2) is 0 Å². The van der Waals surface area contributed by atoms with Crippen molar-refractivity contribution in [2.45, 2.75) is 25.0 Å². The molecule has 0 aliphatic carbocycles. The van der Waals surface area contributed by atoms with Gasteiger partial charge in [-0.05, 0) is 37.1 Å². The first kappa shape index (κ1) is 17.5. The number of amides is 1. The minimum atomic E-state index is 0.00915. The molecule has 1 amide bonds. The fourth-order valence-corrected chi connectivity index (χ4v) is 3.79. The second-order valence-electron chi connectivity index (χ2n) is 6.73. The summed E-state index contributed by atoms with van der Waals surface area (Å²) in [5.41, 5.74) is 0. The lowest BCUT2D eigenvalue weighted by Gasteiger charge is -2.40. The second kappa shape index (κ2) is 7.72. The molecule has 2 saturated heterocycles. The molecule has 0 N–H and O–H groups in total. The molecule has 24 heavy (non-hydrogen) atoms. The van der Waals surface area contributed by atoms with Crippen LogP contribution in [0.3, 0.4) is 0 Å². The van der Waals surface area contributed by atoms with Crippen LogP contribution in [0.5, 0.6) is 5.75 Å². The van der Waals surface area contributed by atoms with Crippen LogP contribution < -0.4 is 4.74 Å². The van der Waals surface area contributed by atoms with Crippen LogP contribution in [-0.4, -0.2) is 68.3 Å². The third-order valence-electron chi connectivity index (χ3n) is 4.87. The number of carbonyl (C=O) groups is 1. The summed E-state index contributed by atoms with van der Waals surface area (Å²) in [6.45, 7) is 2.95. The molecule has 0 spiro atoms. The number of piperidine rings is 1. The molecule has 2 aliphatic heterocycles. The zero-order chi connectivity index (χ0) is 17.1. The number of fused-ring (bicyclic) bond motifs is 1. The molecule has 0 unspecified atom stereocenters. The predicted octanol–water partition coefficient (Wildman–Crippen LogP) is 2.29. The average Bonchev–Trinajstić information content (AvgIpc) is 3.04. The highest BCUT2D eigenvalue weighted by atomic mass is 35.5. The smallest absolute Gasteiger partial charge is 0.226 e. The summed E-state index contributed by atoms with van der Waals surface area (Å²) >= 11 is 5.89. The average molecular weight is 353 g/mol. The fraction of sp³-hybridized carbons (Fsp3) is 0.611. The van der Waals surface area contributed by atoms with Crippen molar-refractivity contribution in [1.29, 1.82) is 0 Å². The summed E-state index contributed by atoms with van der Waals surface area (Å²) in [4.78, 5) is 16.4. The van der Waals surface area contributed by atoms with E-state index >= 15 is 0 Å². The Bertz CT molecular complexity index is 564. The lowest BCUT2D eigenvalue weighted by atomic mass is 9.89. The van der Waals surface area contributed by atoms with Crippen LogP contribution in [0.25, 0.3) is 0 Å². The quantitative estimate of drug-likeness (QED) is 0.815. The number of halogens is 1. The minimum absolute atomic E-state index is 0.00915. The summed E-state index contributed by atoms with van der Waals surface area (Å²) in [6.07, 6.45) is 2.04. The summed E-state index contributed by atoms with van der Waals surface area (Å²) in [5, 5.41) is 0.703. The van der Waals surface area contributed by atoms with Gasteiger partial charge in [0.25, 0.3) is 0 Å². The van der Waals surface area contributed by atoms with Crippen molar-refractivity contribution in [3.8, 4) is 5.75 Å². The summed E-state index contributed by atoms with van der Waals surface area (Å²) < 4.78 is 11.7. The van der Waals surface area contributed by atoms with E-state index in [2.05, 4.69) is 4.90 Å². The van der Waals surface area contributed by atoms with Crippen LogP contribution in [0, 0.1) is 5.92 Å². The molecule has 2 fully saturated rings. The van der Waals surface area contributed by atoms with Crippen molar-refractivity contribution >= 4 is 17.5 Å². The predicted molar refractivity (Wildman–Crippen MR) is 93.5 cm³/mol. The second-order valence-corrected chi connectivity index (χ2v) is 7.16. The van der Waals surface area contributed by atoms with Gasteiger partial charge in [0.05, 0.1) is 12.0 Å². The number of rotatable bonds is 5. The SMILES string of the molecule is CN(C)C(=O)[C@@H]1C[C@@H]2OCC[C@@H]2N(CCOc2ccc(Cl)cc2)C1. The van der Waals surface area contributed by atoms with E-state index in [1.807, 2.05) is 38.4 Å². The van der Waals surface area contributed by atoms with Crippen LogP contribution in [0.4, 0.5) is 0 Å². The molecule has 0 saturated carbocycles. The molecule has 2 aliphatic rings. The van der Waals surface area contributed by atoms with Crippen molar-refractivity contribution < 1.29 is 14.3 Å². The number of hydrogen-bond acceptors (Lipinski definition) is 4. The number of benzene rings is 1. The molecule has 6 heteroatoms. The molecule has 3 atom stereocenters. The van der Waals surface area contributed by atoms with Gasteiger partial charge in [-0.25, -0.2) is 0 Å². The molecular weight excluding hydrogens is 328 g/mol. The Labute approximate surface area is 148 Å². The van der Waals surface area contributed by atoms with E-state index in [-0.39, 0.29) is 17.9 Å². The lowest BCUT2D eigenvalue weighted by molar-refractivity contribution is -0.137. The van der Waals surface area contributed by atoms with Crippen molar-refractivity contribution in [3.05, 3.63) is 29.3 Å². The third kappa shape index (κ3) is 4.02. The normalized spacial score (nSPS) is 26.9. The number of likely N-dealkylation sites (tertiary alicyclic amines) is 1. The van der Waals surface area contributed by atoms with E-state index in [0.717, 1.165) is 38.3 Å². The van der Waals surface area contributed by atoms with E-state index in [9.17, 15) is 4.79 Å². The largest absolute Gasteiger partial charge is 0.492 e. The molecule has 0 bridgehead atoms. The highest BCUT2D eigenvalue weighted by molar-refractivity contribution is 6.30. The maximum atomic E-state index is 12.4. The molecule has 132 valence electrons. The first-order chi connectivity index (χ1) is 11.5. The minimum Gasteiger partial charge on any atom is -0.492 e. The third-order valence-corrected chi connectivity index (χ3v) is 5.12. The van der Waals surface area contributed by atoms with E-state index in [0.29, 0.717) is 17.7 Å². The first-order valence-electron chi connectivity index (χ1n) is 8.50. The molecule has 1 aromatic carbocycles. The van der Waals surface area contributed by atoms with E-state index in [1.54, 1.807) is 4.90 Å². The van der Waals surface area contributed by atoms with E-state index < -0.39 is 0 Å². The van der Waals surface area contributed by atoms with E-state index in [1.165, 1.54) is 0 Å². The molecule has 2 heterocycles. The summed E-state index contributed by atoms with van der Waals surface area (Å²) in [5.74, 6) is 1.01. The van der Waals surface area contributed by atoms with Gasteiger partial charge in [0.2, 0.25) is 5.91 Å². The van der Waals surface area contributed by atoms with Gasteiger partial charge in [-0.2, -0.15) is 0 Å². The molecule has 1 aromatic rings. The Morgan fingerprint density at radius 3 is 2.83 bits per heavy atom. The van der Waals surface area contributed by atoms with Crippen LogP contribution in [0.1, 0.15) is 12.8 Å². The van der Waals surface area contributed by atoms with Gasteiger partial charge in [0.1, 0.15) is 12.4 Å². The Morgan fingerprint density at radius 1 is 1.38 bits per heavy atom. The lowest BCUT2D eigenvalue weighted by Crippen LogP contribution is -2.53. The van der Waals surface area contributed by atoms with Gasteiger partial charge < -0.3 is 14.4 Å². The molecular formula is C18H25ClN2O3. The summed E-state index contributed by atoms with van der Waals surface area (Å²) in [6, 6.07) is 7.80. The zero-order valence-corrected chi connectivity index (χ0v) is 15.0. The zero-order valence-electron chi connectivity index (χ0n) is 14.3. The van der Waals surface area contributed by atoms with Crippen molar-refractivity contribution in [3.63, 3.8) is 0 Å². The highest BCUT2D eigenvalue weighted by Crippen LogP contribution is 2.31. The molecule has 3 rings (SSSR count). The Hall–Kier alpha value is -1.30. The fourth-order valence-electron chi connectivity index (χ4n) is 3.67. The van der Waals surface area contributed by atoms with Crippen LogP contribution >= 0.6 is 11.6 Å². The maximum absolute atomic E-state index is 12.4. The van der Waals surface area contributed by atoms with Crippen molar-refractivity contribution in [2.75, 3.05) is 40.4 Å². The highest BCUT2D eigenvalue weighted by Gasteiger charge is 2.42. The van der Waals surface area contributed by atoms with Gasteiger partial charge in [-0.1, -0.05) is 11.6 Å². The van der Waals surface area contributed by atoms with Gasteiger partial charge in [0, 0.05) is 44.9 Å². The van der Waals surface area contributed by atoms with Gasteiger partial charge in [-0.3, -0.25) is 9.69 Å². The molecule has 0 radical (unpaired) electrons. The standard InChI is InChI=1S/C18H25ClN2O3/c1-20(2)18(22)13-11-17-16(7-9-24-17)21(12-13)8-10-23-15-5-3-14(19)4-6-15/h3-6,13,16-17H,7-12H2,1-2H3/t13-,16+,17+/m1/s1. The number of ether oxygens (including phenoxy) is 2. The number of carbonyl (C=O) groups excluding carboxylic acids is 1. The number of nitrogens with zero attached hydrogens (tertiary/aromatic N) is 2. The van der Waals surface area contributed by atoms with Gasteiger partial charge in [-0.15, -0.1) is 0 Å². The van der Waals surface area contributed by atoms with Crippen LogP contribution in [0.15, 0.2) is 24.3 Å². The topological polar surface area (TPSA) is 42.0 Å². The van der Waals surface area contributed by atoms with Crippen LogP contribution in [-0.2, 0) is 9.53 Å². The van der Waals surface area contributed by atoms with Crippen molar-refractivity contribution in [1.82, 2.24) is 9.80 Å². The monoisotopic (exact) mass is 352 g/mol. The van der Waals surface area contributed by atoms with E-state index in [4.69, 9.17) is 21.1 Å². The summed E-state index contributed by atoms with van der Waals surface area (Å²) in [7, 11) is 3.63. The maximum Gasteiger partial charge on any atom is 0.226 e.